The van der Waals surface area contributed by atoms with Gasteiger partial charge in [0.1, 0.15) is 11.7 Å². The molecule has 2 bridgehead atoms. The highest BCUT2D eigenvalue weighted by Gasteiger charge is 2.77. The van der Waals surface area contributed by atoms with Gasteiger partial charge in [-0.25, -0.2) is 0 Å². The number of hydrazine groups is 1. The standard InChI is InChI=1S/C49H79N3O15/c1-26(52-50)17-16-22-34(55)64-38(36(29-18-12-10-13-19-29)51-44(60)67-45(4,5)6)43(59)63-31-24-49(61)41(65-42(58)30-20-14-11-15-21-30)39-47(9,40(57)37(56)35(27(31)2)46(49,7)8)32(54)23-33-48(39,25-62-33)66-28(3)53/h10-15,18-21,26-28,31-44,51-61H,16-17,22-25,50H2,1-9H3/t26?,27?,28?,31-,32?,33?,34?,35?,36-,37?,38+,39-,40?,41-,42?,43?,44?,47?,48-,49?/m0/s1. The molecule has 3 aliphatic carbocycles. The fourth-order valence-electron chi connectivity index (χ4n) is 11.8. The molecule has 1 aliphatic heterocycles. The first kappa shape index (κ1) is 54.1. The highest BCUT2D eigenvalue weighted by atomic mass is 16.7. The topological polar surface area (TPSA) is 288 Å². The monoisotopic (exact) mass is 950 g/mol. The van der Waals surface area contributed by atoms with Crippen LogP contribution in [-0.4, -0.2) is 143 Å². The highest BCUT2D eigenvalue weighted by molar-refractivity contribution is 5.27. The van der Waals surface area contributed by atoms with Gasteiger partial charge in [0, 0.05) is 47.1 Å². The Labute approximate surface area is 394 Å². The second-order valence-electron chi connectivity index (χ2n) is 21.3. The summed E-state index contributed by atoms with van der Waals surface area (Å²) in [4.78, 5) is 0. The lowest BCUT2D eigenvalue weighted by atomic mass is 9.42. The maximum atomic E-state index is 13.9. The van der Waals surface area contributed by atoms with Crippen molar-refractivity contribution >= 4 is 0 Å². The number of rotatable bonds is 20. The summed E-state index contributed by atoms with van der Waals surface area (Å²) >= 11 is 0. The number of hydrogen-bond donors (Lipinski definition) is 12. The van der Waals surface area contributed by atoms with Crippen LogP contribution in [0, 0.1) is 28.6 Å². The van der Waals surface area contributed by atoms with Gasteiger partial charge in [0.25, 0.3) is 0 Å². The van der Waals surface area contributed by atoms with Gasteiger partial charge in [0.2, 0.25) is 6.41 Å². The van der Waals surface area contributed by atoms with E-state index in [0.29, 0.717) is 24.0 Å². The Bertz CT molecular complexity index is 1860. The number of aliphatic hydroxyl groups excluding tert-OH is 8. The summed E-state index contributed by atoms with van der Waals surface area (Å²) < 4.78 is 37.9. The van der Waals surface area contributed by atoms with Crippen LogP contribution in [0.1, 0.15) is 118 Å². The summed E-state index contributed by atoms with van der Waals surface area (Å²) in [5.74, 6) is 2.53. The lowest BCUT2D eigenvalue weighted by molar-refractivity contribution is -0.417. The van der Waals surface area contributed by atoms with E-state index < -0.39 is 126 Å². The van der Waals surface area contributed by atoms with Crippen LogP contribution in [0.2, 0.25) is 0 Å². The van der Waals surface area contributed by atoms with Gasteiger partial charge in [-0.3, -0.25) is 16.6 Å². The first-order chi connectivity index (χ1) is 31.3. The van der Waals surface area contributed by atoms with E-state index in [1.54, 1.807) is 109 Å². The number of ether oxygens (including phenoxy) is 6. The molecule has 2 aromatic carbocycles. The van der Waals surface area contributed by atoms with Crippen LogP contribution < -0.4 is 16.6 Å². The number of nitrogens with two attached hydrogens (primary N) is 1. The molecule has 6 rings (SSSR count). The molecule has 1 heterocycles. The molecule has 380 valence electrons. The van der Waals surface area contributed by atoms with Gasteiger partial charge >= 0.3 is 0 Å². The lowest BCUT2D eigenvalue weighted by Crippen LogP contribution is -2.83. The quantitative estimate of drug-likeness (QED) is 0.0513. The van der Waals surface area contributed by atoms with Crippen LogP contribution in [0.25, 0.3) is 0 Å². The Morgan fingerprint density at radius 2 is 1.49 bits per heavy atom. The molecule has 13 N–H and O–H groups in total. The van der Waals surface area contributed by atoms with Gasteiger partial charge in [-0.05, 0) is 65.4 Å². The van der Waals surface area contributed by atoms with E-state index in [1.165, 1.54) is 6.92 Å². The van der Waals surface area contributed by atoms with Crippen LogP contribution in [0.3, 0.4) is 0 Å². The molecule has 20 atom stereocenters. The van der Waals surface area contributed by atoms with E-state index in [2.05, 4.69) is 10.7 Å². The van der Waals surface area contributed by atoms with Gasteiger partial charge in [0.05, 0.1) is 60.5 Å². The minimum atomic E-state index is -2.15. The van der Waals surface area contributed by atoms with Crippen molar-refractivity contribution in [3.05, 3.63) is 71.8 Å². The maximum Gasteiger partial charge on any atom is 0.214 e. The molecule has 18 nitrogen and oxygen atoms in total. The second-order valence-corrected chi connectivity index (χ2v) is 21.3. The summed E-state index contributed by atoms with van der Waals surface area (Å²) in [6.07, 6.45) is -17.0. The average Bonchev–Trinajstić information content (AvgIpc) is 3.25. The maximum absolute atomic E-state index is 13.9. The first-order valence-electron chi connectivity index (χ1n) is 23.7. The number of benzene rings is 2. The highest BCUT2D eigenvalue weighted by Crippen LogP contribution is 2.66. The second kappa shape index (κ2) is 21.2. The SMILES string of the molecule is CC(CCCC(O)O[C@@H](C(O)O[C@H]1CC2(O)[C@@H](OC(O)c3ccccc3)[C@H]3C(C)(C(O)CC4OC[C@]43OC(C)O)C(O)C(O)C(C1C)C2(C)C)[C@@H](NC(O)OC(C)(C)C)c1ccccc1)NN. The molecule has 0 aromatic heterocycles. The van der Waals surface area contributed by atoms with Crippen molar-refractivity contribution in [1.29, 1.82) is 0 Å². The van der Waals surface area contributed by atoms with Crippen molar-refractivity contribution in [2.24, 2.45) is 34.4 Å². The summed E-state index contributed by atoms with van der Waals surface area (Å²) in [7, 11) is 0. The summed E-state index contributed by atoms with van der Waals surface area (Å²) in [6.45, 7) is 15.3. The Kier molecular flexibility index (Phi) is 17.1. The number of nitrogens with one attached hydrogen (secondary N) is 2. The van der Waals surface area contributed by atoms with Gasteiger partial charge in [-0.15, -0.1) is 0 Å². The molecule has 0 spiro atoms. The summed E-state index contributed by atoms with van der Waals surface area (Å²) in [5, 5.41) is 112. The van der Waals surface area contributed by atoms with E-state index in [4.69, 9.17) is 34.3 Å². The lowest BCUT2D eigenvalue weighted by Gasteiger charge is -2.71. The van der Waals surface area contributed by atoms with Gasteiger partial charge in [-0.2, -0.15) is 0 Å². The van der Waals surface area contributed by atoms with E-state index in [1.807, 2.05) is 6.92 Å². The van der Waals surface area contributed by atoms with Crippen molar-refractivity contribution in [1.82, 2.24) is 10.7 Å². The number of aliphatic hydroxyl groups is 9. The smallest absolute Gasteiger partial charge is 0.214 e. The molecule has 18 heteroatoms. The van der Waals surface area contributed by atoms with E-state index in [-0.39, 0.29) is 31.9 Å². The molecule has 2 aromatic rings. The van der Waals surface area contributed by atoms with E-state index in [0.717, 1.165) is 0 Å². The normalized spacial score (nSPS) is 37.5. The summed E-state index contributed by atoms with van der Waals surface area (Å²) in [6, 6.07) is 16.1. The zero-order chi connectivity index (χ0) is 49.4. The molecule has 0 amide bonds. The van der Waals surface area contributed by atoms with Crippen molar-refractivity contribution in [2.45, 2.75) is 198 Å². The molecule has 1 saturated heterocycles. The molecular formula is C49H79N3O15. The predicted molar refractivity (Wildman–Crippen MR) is 243 cm³/mol. The minimum absolute atomic E-state index is 0.0420. The van der Waals surface area contributed by atoms with Crippen LogP contribution in [0.4, 0.5) is 0 Å². The third-order valence-electron chi connectivity index (χ3n) is 15.4. The predicted octanol–water partition coefficient (Wildman–Crippen LogP) is 1.94. The first-order valence-corrected chi connectivity index (χ1v) is 23.7. The van der Waals surface area contributed by atoms with Gasteiger partial charge in [0.15, 0.2) is 25.2 Å². The third-order valence-corrected chi connectivity index (χ3v) is 15.4. The Balaban J connectivity index is 1.47. The zero-order valence-electron chi connectivity index (χ0n) is 40.4. The Morgan fingerprint density at radius 1 is 0.881 bits per heavy atom. The number of fused-ring (bicyclic) bond motifs is 5. The summed E-state index contributed by atoms with van der Waals surface area (Å²) in [5.41, 5.74) is -4.03. The molecule has 0 radical (unpaired) electrons. The minimum Gasteiger partial charge on any atom is -0.392 e. The van der Waals surface area contributed by atoms with Crippen LogP contribution >= 0.6 is 0 Å². The van der Waals surface area contributed by atoms with Crippen LogP contribution in [0.15, 0.2) is 60.7 Å². The molecule has 14 unspecified atom stereocenters. The molecular weight excluding hydrogens is 871 g/mol. The van der Waals surface area contributed by atoms with Crippen molar-refractivity contribution < 1.29 is 74.4 Å². The van der Waals surface area contributed by atoms with Crippen molar-refractivity contribution in [3.8, 4) is 0 Å². The van der Waals surface area contributed by atoms with E-state index >= 15 is 0 Å². The van der Waals surface area contributed by atoms with Crippen molar-refractivity contribution in [2.75, 3.05) is 6.61 Å². The van der Waals surface area contributed by atoms with Crippen LogP contribution in [-0.2, 0) is 28.4 Å². The van der Waals surface area contributed by atoms with E-state index in [9.17, 15) is 46.0 Å². The zero-order valence-corrected chi connectivity index (χ0v) is 40.4. The third kappa shape index (κ3) is 10.8. The Hall–Kier alpha value is -2.28. The van der Waals surface area contributed by atoms with Crippen LogP contribution in [0.5, 0.6) is 0 Å². The molecule has 67 heavy (non-hydrogen) atoms. The average molecular weight is 950 g/mol. The molecule has 3 saturated carbocycles. The largest absolute Gasteiger partial charge is 0.392 e. The molecule has 4 aliphatic rings. The fraction of sp³-hybridized carbons (Fsp3) is 0.755. The number of hydrogen-bond acceptors (Lipinski definition) is 18. The van der Waals surface area contributed by atoms with Gasteiger partial charge in [-0.1, -0.05) is 88.4 Å². The molecule has 4 fully saturated rings. The van der Waals surface area contributed by atoms with Crippen molar-refractivity contribution in [3.63, 3.8) is 0 Å². The fourth-order valence-corrected chi connectivity index (χ4v) is 11.8. The van der Waals surface area contributed by atoms with Gasteiger partial charge < -0.3 is 74.4 Å². The Morgan fingerprint density at radius 3 is 2.04 bits per heavy atom.